The van der Waals surface area contributed by atoms with Crippen LogP contribution in [0.1, 0.15) is 19.8 Å². The third-order valence-electron chi connectivity index (χ3n) is 1.34. The van der Waals surface area contributed by atoms with E-state index in [1.165, 1.54) is 0 Å². The van der Waals surface area contributed by atoms with Gasteiger partial charge in [0, 0.05) is 0 Å². The molecular weight excluding hydrogens is 116 g/mol. The number of rotatable bonds is 2. The summed E-state index contributed by atoms with van der Waals surface area (Å²) in [5.74, 6) is 0. The maximum Gasteiger partial charge on any atom is 0.158 e. The van der Waals surface area contributed by atoms with Gasteiger partial charge < -0.3 is 9.47 Å². The first-order valence-corrected chi connectivity index (χ1v) is 3.43. The average Bonchev–Trinajstić information content (AvgIpc) is 2.17. The van der Waals surface area contributed by atoms with Gasteiger partial charge in [0.2, 0.25) is 0 Å². The van der Waals surface area contributed by atoms with Crippen molar-refractivity contribution < 1.29 is 9.47 Å². The van der Waals surface area contributed by atoms with Gasteiger partial charge in [-0.25, -0.2) is 0 Å². The molecule has 0 saturated carbocycles. The normalized spacial score (nSPS) is 35.3. The second-order valence-electron chi connectivity index (χ2n) is 2.31. The number of hydrogen-bond donors (Lipinski definition) is 0. The Balaban J connectivity index is 2.14. The van der Waals surface area contributed by atoms with Crippen molar-refractivity contribution in [3.8, 4) is 0 Å². The zero-order valence-corrected chi connectivity index (χ0v) is 5.80. The minimum absolute atomic E-state index is 0.0255. The Morgan fingerprint density at radius 3 is 2.89 bits per heavy atom. The van der Waals surface area contributed by atoms with E-state index in [0.717, 1.165) is 12.8 Å². The van der Waals surface area contributed by atoms with Crippen molar-refractivity contribution in [3.63, 3.8) is 0 Å². The topological polar surface area (TPSA) is 18.5 Å². The van der Waals surface area contributed by atoms with Crippen LogP contribution in [0.25, 0.3) is 0 Å². The lowest BCUT2D eigenvalue weighted by Crippen LogP contribution is -2.08. The predicted octanol–water partition coefficient (Wildman–Crippen LogP) is 1.36. The molecule has 1 aliphatic rings. The SMILES string of the molecule is [CH2]C1COC(CCC)O1. The fraction of sp³-hybridized carbons (Fsp3) is 0.857. The summed E-state index contributed by atoms with van der Waals surface area (Å²) >= 11 is 0. The predicted molar refractivity (Wildman–Crippen MR) is 34.9 cm³/mol. The molecule has 1 rings (SSSR count). The standard InChI is InChI=1S/C7H13O2/c1-3-4-7-8-5-6(2)9-7/h6-7H,2-5H2,1H3. The Morgan fingerprint density at radius 1 is 1.67 bits per heavy atom. The lowest BCUT2D eigenvalue weighted by atomic mass is 10.3. The molecule has 2 nitrogen and oxygen atoms in total. The molecule has 0 spiro atoms. The zero-order valence-electron chi connectivity index (χ0n) is 5.80. The summed E-state index contributed by atoms with van der Waals surface area (Å²) in [5.41, 5.74) is 0. The van der Waals surface area contributed by atoms with Crippen LogP contribution in [0.5, 0.6) is 0 Å². The number of ether oxygens (including phenoxy) is 2. The molecule has 53 valence electrons. The molecule has 0 aromatic carbocycles. The van der Waals surface area contributed by atoms with Crippen LogP contribution in [-0.2, 0) is 9.47 Å². The highest BCUT2D eigenvalue weighted by molar-refractivity contribution is 4.65. The molecule has 0 aliphatic carbocycles. The third kappa shape index (κ3) is 1.95. The van der Waals surface area contributed by atoms with Crippen LogP contribution >= 0.6 is 0 Å². The molecule has 9 heavy (non-hydrogen) atoms. The van der Waals surface area contributed by atoms with Gasteiger partial charge in [0.1, 0.15) is 0 Å². The highest BCUT2D eigenvalue weighted by Crippen LogP contribution is 2.14. The molecule has 0 aromatic rings. The first kappa shape index (κ1) is 7.03. The van der Waals surface area contributed by atoms with Crippen LogP contribution in [0.4, 0.5) is 0 Å². The fourth-order valence-corrected chi connectivity index (χ4v) is 0.895. The molecule has 1 radical (unpaired) electrons. The minimum Gasteiger partial charge on any atom is -0.350 e. The van der Waals surface area contributed by atoms with Gasteiger partial charge >= 0.3 is 0 Å². The molecule has 1 aliphatic heterocycles. The van der Waals surface area contributed by atoms with Crippen LogP contribution < -0.4 is 0 Å². The molecule has 0 bridgehead atoms. The Kier molecular flexibility index (Phi) is 2.49. The highest BCUT2D eigenvalue weighted by Gasteiger charge is 2.20. The maximum absolute atomic E-state index is 5.27. The van der Waals surface area contributed by atoms with Gasteiger partial charge in [-0.1, -0.05) is 13.3 Å². The van der Waals surface area contributed by atoms with E-state index in [-0.39, 0.29) is 12.4 Å². The van der Waals surface area contributed by atoms with Crippen molar-refractivity contribution in [1.82, 2.24) is 0 Å². The molecule has 0 aromatic heterocycles. The van der Waals surface area contributed by atoms with E-state index in [0.29, 0.717) is 6.61 Å². The molecule has 0 N–H and O–H groups in total. The summed E-state index contributed by atoms with van der Waals surface area (Å²) in [4.78, 5) is 0. The van der Waals surface area contributed by atoms with Gasteiger partial charge in [-0.2, -0.15) is 0 Å². The quantitative estimate of drug-likeness (QED) is 0.560. The van der Waals surface area contributed by atoms with Crippen LogP contribution in [0.15, 0.2) is 0 Å². The second-order valence-corrected chi connectivity index (χ2v) is 2.31. The van der Waals surface area contributed by atoms with Crippen molar-refractivity contribution in [1.29, 1.82) is 0 Å². The van der Waals surface area contributed by atoms with Crippen molar-refractivity contribution >= 4 is 0 Å². The van der Waals surface area contributed by atoms with Gasteiger partial charge in [-0.15, -0.1) is 0 Å². The highest BCUT2D eigenvalue weighted by atomic mass is 16.7. The fourth-order valence-electron chi connectivity index (χ4n) is 0.895. The van der Waals surface area contributed by atoms with Gasteiger partial charge in [-0.3, -0.25) is 0 Å². The average molecular weight is 129 g/mol. The van der Waals surface area contributed by atoms with E-state index in [9.17, 15) is 0 Å². The lowest BCUT2D eigenvalue weighted by molar-refractivity contribution is -0.0559. The van der Waals surface area contributed by atoms with Crippen LogP contribution in [0.2, 0.25) is 0 Å². The van der Waals surface area contributed by atoms with Crippen LogP contribution in [0, 0.1) is 6.92 Å². The van der Waals surface area contributed by atoms with E-state index >= 15 is 0 Å². The number of hydrogen-bond acceptors (Lipinski definition) is 2. The summed E-state index contributed by atoms with van der Waals surface area (Å²) in [6.07, 6.45) is 2.18. The van der Waals surface area contributed by atoms with Crippen molar-refractivity contribution in [2.45, 2.75) is 32.2 Å². The molecular formula is C7H13O2. The molecule has 1 saturated heterocycles. The van der Waals surface area contributed by atoms with E-state index in [2.05, 4.69) is 13.8 Å². The minimum atomic E-state index is 0.0255. The molecule has 2 unspecified atom stereocenters. The van der Waals surface area contributed by atoms with Gasteiger partial charge in [0.25, 0.3) is 0 Å². The summed E-state index contributed by atoms with van der Waals surface area (Å²) in [6.45, 7) is 6.49. The largest absolute Gasteiger partial charge is 0.350 e. The molecule has 0 amide bonds. The Hall–Kier alpha value is -0.0800. The summed E-state index contributed by atoms with van der Waals surface area (Å²) < 4.78 is 10.5. The first-order valence-electron chi connectivity index (χ1n) is 3.43. The molecule has 1 fully saturated rings. The Morgan fingerprint density at radius 2 is 2.44 bits per heavy atom. The van der Waals surface area contributed by atoms with E-state index < -0.39 is 0 Å². The molecule has 2 heteroatoms. The van der Waals surface area contributed by atoms with Gasteiger partial charge in [-0.05, 0) is 13.3 Å². The third-order valence-corrected chi connectivity index (χ3v) is 1.34. The van der Waals surface area contributed by atoms with Crippen molar-refractivity contribution in [3.05, 3.63) is 6.92 Å². The zero-order chi connectivity index (χ0) is 6.69. The van der Waals surface area contributed by atoms with Gasteiger partial charge in [0.05, 0.1) is 12.7 Å². The maximum atomic E-state index is 5.27. The smallest absolute Gasteiger partial charge is 0.158 e. The van der Waals surface area contributed by atoms with Crippen LogP contribution in [0.3, 0.4) is 0 Å². The molecule has 2 atom stereocenters. The van der Waals surface area contributed by atoms with Gasteiger partial charge in [0.15, 0.2) is 6.29 Å². The Labute approximate surface area is 56.2 Å². The summed E-state index contributed by atoms with van der Waals surface area (Å²) in [6, 6.07) is 0. The first-order chi connectivity index (χ1) is 4.33. The van der Waals surface area contributed by atoms with Crippen LogP contribution in [-0.4, -0.2) is 19.0 Å². The van der Waals surface area contributed by atoms with E-state index in [1.807, 2.05) is 0 Å². The second kappa shape index (κ2) is 3.18. The Bertz CT molecular complexity index is 81.0. The molecule has 1 heterocycles. The lowest BCUT2D eigenvalue weighted by Gasteiger charge is -2.06. The van der Waals surface area contributed by atoms with Crippen molar-refractivity contribution in [2.24, 2.45) is 0 Å². The van der Waals surface area contributed by atoms with E-state index in [1.54, 1.807) is 0 Å². The van der Waals surface area contributed by atoms with E-state index in [4.69, 9.17) is 9.47 Å². The van der Waals surface area contributed by atoms with Crippen molar-refractivity contribution in [2.75, 3.05) is 6.61 Å². The monoisotopic (exact) mass is 129 g/mol. The summed E-state index contributed by atoms with van der Waals surface area (Å²) in [7, 11) is 0. The summed E-state index contributed by atoms with van der Waals surface area (Å²) in [5, 5.41) is 0.